The number of hydrogen-bond donors (Lipinski definition) is 2. The van der Waals surface area contributed by atoms with Crippen LogP contribution in [0.1, 0.15) is 17.4 Å². The number of aliphatic hydroxyl groups is 1. The van der Waals surface area contributed by atoms with E-state index in [1.54, 1.807) is 18.2 Å². The van der Waals surface area contributed by atoms with Gasteiger partial charge in [-0.2, -0.15) is 0 Å². The molecule has 0 bridgehead atoms. The molecule has 3 rings (SSSR count). The van der Waals surface area contributed by atoms with Gasteiger partial charge in [0.05, 0.1) is 0 Å². The summed E-state index contributed by atoms with van der Waals surface area (Å²) >= 11 is 0. The normalized spacial score (nSPS) is 12.7. The molecule has 0 spiro atoms. The van der Waals surface area contributed by atoms with Crippen LogP contribution in [0.25, 0.3) is 11.0 Å². The van der Waals surface area contributed by atoms with E-state index >= 15 is 0 Å². The number of fused-ring (bicyclic) bond motifs is 1. The molecule has 1 heterocycles. The van der Waals surface area contributed by atoms with Gasteiger partial charge in [-0.05, 0) is 29.8 Å². The summed E-state index contributed by atoms with van der Waals surface area (Å²) in [6, 6.07) is 16.4. The van der Waals surface area contributed by atoms with E-state index in [2.05, 4.69) is 0 Å². The minimum Gasteiger partial charge on any atom is -0.508 e. The number of aliphatic hydroxyl groups excluding tert-OH is 1. The summed E-state index contributed by atoms with van der Waals surface area (Å²) in [7, 11) is 0. The van der Waals surface area contributed by atoms with Crippen molar-refractivity contribution >= 4 is 11.0 Å². The Morgan fingerprint density at radius 2 is 1.84 bits per heavy atom. The van der Waals surface area contributed by atoms with Crippen molar-refractivity contribution in [1.29, 1.82) is 0 Å². The average Bonchev–Trinajstić information content (AvgIpc) is 2.82. The maximum absolute atomic E-state index is 10.2. The number of aromatic hydroxyl groups is 1. The Labute approximate surface area is 110 Å². The van der Waals surface area contributed by atoms with Gasteiger partial charge in [0.2, 0.25) is 0 Å². The van der Waals surface area contributed by atoms with Crippen molar-refractivity contribution in [2.75, 3.05) is 0 Å². The molecule has 3 heteroatoms. The Morgan fingerprint density at radius 1 is 1.00 bits per heavy atom. The van der Waals surface area contributed by atoms with E-state index in [1.807, 2.05) is 36.4 Å². The molecule has 0 saturated heterocycles. The fraction of sp³-hybridized carbons (Fsp3) is 0.125. The first-order valence-electron chi connectivity index (χ1n) is 6.17. The molecule has 0 saturated carbocycles. The van der Waals surface area contributed by atoms with Crippen LogP contribution in [-0.2, 0) is 6.42 Å². The minimum absolute atomic E-state index is 0.203. The van der Waals surface area contributed by atoms with E-state index in [9.17, 15) is 10.2 Å². The molecule has 0 radical (unpaired) electrons. The number of para-hydroxylation sites is 1. The molecule has 19 heavy (non-hydrogen) atoms. The molecular formula is C16H14O3. The monoisotopic (exact) mass is 254 g/mol. The molecule has 2 aromatic carbocycles. The van der Waals surface area contributed by atoms with Crippen LogP contribution in [0.3, 0.4) is 0 Å². The van der Waals surface area contributed by atoms with Gasteiger partial charge in [-0.1, -0.05) is 30.3 Å². The predicted octanol–water partition coefficient (Wildman–Crippen LogP) is 3.41. The molecule has 1 atom stereocenters. The highest BCUT2D eigenvalue weighted by atomic mass is 16.4. The number of phenolic OH excluding ortho intramolecular Hbond substituents is 1. The first kappa shape index (κ1) is 11.8. The van der Waals surface area contributed by atoms with Crippen LogP contribution >= 0.6 is 0 Å². The van der Waals surface area contributed by atoms with E-state index in [0.29, 0.717) is 12.2 Å². The largest absolute Gasteiger partial charge is 0.508 e. The lowest BCUT2D eigenvalue weighted by Gasteiger charge is -2.07. The van der Waals surface area contributed by atoms with Gasteiger partial charge in [-0.15, -0.1) is 0 Å². The first-order chi connectivity index (χ1) is 9.22. The molecule has 2 N–H and O–H groups in total. The highest BCUT2D eigenvalue weighted by molar-refractivity contribution is 5.77. The smallest absolute Gasteiger partial charge is 0.134 e. The van der Waals surface area contributed by atoms with Crippen LogP contribution in [0.15, 0.2) is 59.0 Å². The molecule has 3 nitrogen and oxygen atoms in total. The van der Waals surface area contributed by atoms with Crippen molar-refractivity contribution in [3.05, 3.63) is 65.9 Å². The van der Waals surface area contributed by atoms with Crippen molar-refractivity contribution in [2.45, 2.75) is 12.5 Å². The third kappa shape index (κ3) is 2.46. The second kappa shape index (κ2) is 4.78. The Morgan fingerprint density at radius 3 is 2.63 bits per heavy atom. The summed E-state index contributed by atoms with van der Waals surface area (Å²) in [5.41, 5.74) is 1.64. The van der Waals surface area contributed by atoms with Crippen molar-refractivity contribution in [3.63, 3.8) is 0 Å². The molecule has 0 aliphatic carbocycles. The molecule has 3 aromatic rings. The molecule has 0 aliphatic heterocycles. The second-order valence-corrected chi connectivity index (χ2v) is 4.58. The summed E-state index contributed by atoms with van der Waals surface area (Å²) < 4.78 is 5.62. The maximum atomic E-state index is 10.2. The van der Waals surface area contributed by atoms with Crippen LogP contribution in [0.4, 0.5) is 0 Å². The second-order valence-electron chi connectivity index (χ2n) is 4.58. The number of hydrogen-bond acceptors (Lipinski definition) is 3. The lowest BCUT2D eigenvalue weighted by Crippen LogP contribution is -2.00. The highest BCUT2D eigenvalue weighted by Crippen LogP contribution is 2.26. The fourth-order valence-corrected chi connectivity index (χ4v) is 2.17. The van der Waals surface area contributed by atoms with E-state index in [1.165, 1.54) is 0 Å². The van der Waals surface area contributed by atoms with E-state index in [4.69, 9.17) is 4.42 Å². The van der Waals surface area contributed by atoms with Crippen molar-refractivity contribution in [1.82, 2.24) is 0 Å². The zero-order valence-electron chi connectivity index (χ0n) is 10.3. The standard InChI is InChI=1S/C16H14O3/c17-13-6-3-4-11(8-13)9-14(18)16-10-12-5-1-2-7-15(12)19-16/h1-8,10,14,17-18H,9H2. The summed E-state index contributed by atoms with van der Waals surface area (Å²) in [5.74, 6) is 0.749. The lowest BCUT2D eigenvalue weighted by molar-refractivity contribution is 0.152. The van der Waals surface area contributed by atoms with Gasteiger partial charge < -0.3 is 14.6 Å². The van der Waals surface area contributed by atoms with Crippen LogP contribution < -0.4 is 0 Å². The van der Waals surface area contributed by atoms with Gasteiger partial charge in [-0.3, -0.25) is 0 Å². The third-order valence-electron chi connectivity index (χ3n) is 3.11. The summed E-state index contributed by atoms with van der Waals surface area (Å²) in [5, 5.41) is 20.6. The summed E-state index contributed by atoms with van der Waals surface area (Å²) in [4.78, 5) is 0. The number of rotatable bonds is 3. The van der Waals surface area contributed by atoms with Gasteiger partial charge >= 0.3 is 0 Å². The first-order valence-corrected chi connectivity index (χ1v) is 6.17. The highest BCUT2D eigenvalue weighted by Gasteiger charge is 2.14. The number of benzene rings is 2. The van der Waals surface area contributed by atoms with E-state index < -0.39 is 6.10 Å². The van der Waals surface area contributed by atoms with Crippen molar-refractivity contribution in [3.8, 4) is 5.75 Å². The van der Waals surface area contributed by atoms with Crippen LogP contribution in [0.2, 0.25) is 0 Å². The Hall–Kier alpha value is -2.26. The lowest BCUT2D eigenvalue weighted by atomic mass is 10.1. The Bertz CT molecular complexity index is 667. The number of furan rings is 1. The Kier molecular flexibility index (Phi) is 2.97. The molecule has 0 aliphatic rings. The molecule has 1 aromatic heterocycles. The zero-order chi connectivity index (χ0) is 13.2. The molecule has 0 amide bonds. The molecule has 1 unspecified atom stereocenters. The van der Waals surface area contributed by atoms with E-state index in [-0.39, 0.29) is 5.75 Å². The molecule has 96 valence electrons. The van der Waals surface area contributed by atoms with Crippen LogP contribution in [0.5, 0.6) is 5.75 Å². The third-order valence-corrected chi connectivity index (χ3v) is 3.11. The maximum Gasteiger partial charge on any atom is 0.134 e. The minimum atomic E-state index is -0.714. The van der Waals surface area contributed by atoms with Gasteiger partial charge in [0.1, 0.15) is 23.2 Å². The van der Waals surface area contributed by atoms with Crippen molar-refractivity contribution in [2.24, 2.45) is 0 Å². The molecular weight excluding hydrogens is 240 g/mol. The van der Waals surface area contributed by atoms with Crippen LogP contribution in [0, 0.1) is 0 Å². The fourth-order valence-electron chi connectivity index (χ4n) is 2.17. The average molecular weight is 254 g/mol. The SMILES string of the molecule is Oc1cccc(CC(O)c2cc3ccccc3o2)c1. The van der Waals surface area contributed by atoms with Gasteiger partial charge in [0.25, 0.3) is 0 Å². The van der Waals surface area contributed by atoms with Crippen molar-refractivity contribution < 1.29 is 14.6 Å². The van der Waals surface area contributed by atoms with Gasteiger partial charge in [0, 0.05) is 11.8 Å². The molecule has 0 fully saturated rings. The number of phenols is 1. The quantitative estimate of drug-likeness (QED) is 0.753. The van der Waals surface area contributed by atoms with Crippen LogP contribution in [-0.4, -0.2) is 10.2 Å². The topological polar surface area (TPSA) is 53.6 Å². The van der Waals surface area contributed by atoms with E-state index in [0.717, 1.165) is 16.5 Å². The zero-order valence-corrected chi connectivity index (χ0v) is 10.3. The summed E-state index contributed by atoms with van der Waals surface area (Å²) in [6.45, 7) is 0. The Balaban J connectivity index is 1.85. The summed E-state index contributed by atoms with van der Waals surface area (Å²) in [6.07, 6.45) is -0.303. The van der Waals surface area contributed by atoms with Gasteiger partial charge in [-0.25, -0.2) is 0 Å². The predicted molar refractivity (Wildman–Crippen MR) is 73.0 cm³/mol. The van der Waals surface area contributed by atoms with Gasteiger partial charge in [0.15, 0.2) is 0 Å².